The average Bonchev–Trinajstić information content (AvgIpc) is 2.35. The van der Waals surface area contributed by atoms with E-state index in [4.69, 9.17) is 5.73 Å². The summed E-state index contributed by atoms with van der Waals surface area (Å²) in [7, 11) is 0. The first-order valence-electron chi connectivity index (χ1n) is 7.33. The van der Waals surface area contributed by atoms with Gasteiger partial charge in [0.15, 0.2) is 0 Å². The van der Waals surface area contributed by atoms with Crippen LogP contribution in [-0.4, -0.2) is 19.6 Å². The van der Waals surface area contributed by atoms with E-state index in [1.165, 1.54) is 22.3 Å². The molecule has 0 fully saturated rings. The molecule has 0 amide bonds. The fraction of sp³-hybridized carbons (Fsp3) is 0.647. The van der Waals surface area contributed by atoms with Gasteiger partial charge in [0.2, 0.25) is 0 Å². The summed E-state index contributed by atoms with van der Waals surface area (Å²) < 4.78 is 0. The fourth-order valence-electron chi connectivity index (χ4n) is 2.17. The highest BCUT2D eigenvalue weighted by Crippen LogP contribution is 2.17. The van der Waals surface area contributed by atoms with Gasteiger partial charge in [-0.1, -0.05) is 26.0 Å². The van der Waals surface area contributed by atoms with Crippen LogP contribution in [0.15, 0.2) is 12.1 Å². The number of rotatable bonds is 7. The zero-order valence-electron chi connectivity index (χ0n) is 13.3. The molecule has 0 spiro atoms. The van der Waals surface area contributed by atoms with E-state index < -0.39 is 0 Å². The first-order valence-corrected chi connectivity index (χ1v) is 7.33. The maximum atomic E-state index is 5.73. The van der Waals surface area contributed by atoms with E-state index in [9.17, 15) is 0 Å². The van der Waals surface area contributed by atoms with Gasteiger partial charge in [-0.3, -0.25) is 0 Å². The molecular formula is C17H30N2. The van der Waals surface area contributed by atoms with E-state index in [-0.39, 0.29) is 5.41 Å². The summed E-state index contributed by atoms with van der Waals surface area (Å²) in [5.74, 6) is 0. The highest BCUT2D eigenvalue weighted by Gasteiger charge is 2.14. The molecule has 0 radical (unpaired) electrons. The molecule has 0 saturated carbocycles. The molecule has 19 heavy (non-hydrogen) atoms. The monoisotopic (exact) mass is 262 g/mol. The fourth-order valence-corrected chi connectivity index (χ4v) is 2.17. The van der Waals surface area contributed by atoms with Gasteiger partial charge < -0.3 is 11.1 Å². The predicted molar refractivity (Wildman–Crippen MR) is 84.7 cm³/mol. The lowest BCUT2D eigenvalue weighted by Crippen LogP contribution is -2.29. The maximum Gasteiger partial charge on any atom is -0.000825 e. The first-order chi connectivity index (χ1) is 8.85. The quantitative estimate of drug-likeness (QED) is 0.741. The van der Waals surface area contributed by atoms with Crippen LogP contribution in [0, 0.1) is 26.2 Å². The topological polar surface area (TPSA) is 38.0 Å². The van der Waals surface area contributed by atoms with Crippen LogP contribution in [0.5, 0.6) is 0 Å². The van der Waals surface area contributed by atoms with Crippen LogP contribution < -0.4 is 11.1 Å². The number of nitrogens with two attached hydrogens (primary N) is 1. The van der Waals surface area contributed by atoms with Crippen LogP contribution in [0.3, 0.4) is 0 Å². The standard InChI is InChI=1S/C17H30N2/c1-13-10-15(3)16(11-14(13)2)6-8-19-9-7-17(4,5)12-18/h10-11,19H,6-9,12,18H2,1-5H3. The van der Waals surface area contributed by atoms with Crippen molar-refractivity contribution in [3.05, 3.63) is 34.4 Å². The number of hydrogen-bond donors (Lipinski definition) is 2. The SMILES string of the molecule is Cc1cc(C)c(CCNCCC(C)(C)CN)cc1C. The minimum Gasteiger partial charge on any atom is -0.330 e. The Morgan fingerprint density at radius 3 is 2.26 bits per heavy atom. The number of nitrogens with one attached hydrogen (secondary N) is 1. The summed E-state index contributed by atoms with van der Waals surface area (Å²) in [4.78, 5) is 0. The Kier molecular flexibility index (Phi) is 6.02. The van der Waals surface area contributed by atoms with Gasteiger partial charge in [0, 0.05) is 0 Å². The molecule has 1 aromatic rings. The minimum absolute atomic E-state index is 0.253. The molecule has 0 heterocycles. The Bertz CT molecular complexity index is 408. The zero-order chi connectivity index (χ0) is 14.5. The molecule has 0 aliphatic heterocycles. The molecule has 0 saturated heterocycles. The van der Waals surface area contributed by atoms with Crippen molar-refractivity contribution in [2.75, 3.05) is 19.6 Å². The van der Waals surface area contributed by atoms with Crippen LogP contribution in [-0.2, 0) is 6.42 Å². The normalized spacial score (nSPS) is 11.9. The third kappa shape index (κ3) is 5.33. The molecule has 0 atom stereocenters. The molecule has 0 unspecified atom stereocenters. The van der Waals surface area contributed by atoms with Crippen molar-refractivity contribution in [1.82, 2.24) is 5.32 Å². The van der Waals surface area contributed by atoms with Gasteiger partial charge in [-0.15, -0.1) is 0 Å². The Hall–Kier alpha value is -0.860. The molecule has 1 rings (SSSR count). The Balaban J connectivity index is 2.36. The highest BCUT2D eigenvalue weighted by atomic mass is 14.8. The summed E-state index contributed by atoms with van der Waals surface area (Å²) in [6.07, 6.45) is 2.24. The molecule has 2 nitrogen and oxygen atoms in total. The summed E-state index contributed by atoms with van der Waals surface area (Å²) in [6.45, 7) is 13.9. The number of hydrogen-bond acceptors (Lipinski definition) is 2. The van der Waals surface area contributed by atoms with Gasteiger partial charge in [0.1, 0.15) is 0 Å². The maximum absolute atomic E-state index is 5.73. The second-order valence-electron chi connectivity index (χ2n) is 6.48. The Morgan fingerprint density at radius 1 is 1.00 bits per heavy atom. The van der Waals surface area contributed by atoms with E-state index in [0.29, 0.717) is 0 Å². The minimum atomic E-state index is 0.253. The lowest BCUT2D eigenvalue weighted by Gasteiger charge is -2.22. The smallest absolute Gasteiger partial charge is 0.000825 e. The van der Waals surface area contributed by atoms with Gasteiger partial charge in [-0.05, 0) is 80.9 Å². The van der Waals surface area contributed by atoms with Gasteiger partial charge in [-0.25, -0.2) is 0 Å². The van der Waals surface area contributed by atoms with Crippen molar-refractivity contribution >= 4 is 0 Å². The molecule has 0 aliphatic rings. The average molecular weight is 262 g/mol. The summed E-state index contributed by atoms with van der Waals surface area (Å²) in [5.41, 5.74) is 11.6. The molecule has 0 aromatic heterocycles. The van der Waals surface area contributed by atoms with E-state index in [0.717, 1.165) is 32.5 Å². The summed E-state index contributed by atoms with van der Waals surface area (Å²) >= 11 is 0. The molecular weight excluding hydrogens is 232 g/mol. The van der Waals surface area contributed by atoms with Crippen LogP contribution in [0.1, 0.15) is 42.5 Å². The van der Waals surface area contributed by atoms with Gasteiger partial charge >= 0.3 is 0 Å². The van der Waals surface area contributed by atoms with E-state index >= 15 is 0 Å². The predicted octanol–water partition coefficient (Wildman–Crippen LogP) is 3.12. The Morgan fingerprint density at radius 2 is 1.63 bits per heavy atom. The third-order valence-corrected chi connectivity index (χ3v) is 4.05. The van der Waals surface area contributed by atoms with Crippen LogP contribution >= 0.6 is 0 Å². The van der Waals surface area contributed by atoms with E-state index in [1.807, 2.05) is 0 Å². The lowest BCUT2D eigenvalue weighted by molar-refractivity contribution is 0.340. The van der Waals surface area contributed by atoms with Crippen molar-refractivity contribution in [3.63, 3.8) is 0 Å². The first kappa shape index (κ1) is 16.2. The van der Waals surface area contributed by atoms with Gasteiger partial charge in [0.05, 0.1) is 0 Å². The second kappa shape index (κ2) is 7.06. The summed E-state index contributed by atoms with van der Waals surface area (Å²) in [6, 6.07) is 4.62. The highest BCUT2D eigenvalue weighted by molar-refractivity contribution is 5.36. The second-order valence-corrected chi connectivity index (χ2v) is 6.48. The Labute approximate surface area is 118 Å². The molecule has 2 heteroatoms. The van der Waals surface area contributed by atoms with Crippen LogP contribution in [0.25, 0.3) is 0 Å². The van der Waals surface area contributed by atoms with Crippen molar-refractivity contribution < 1.29 is 0 Å². The third-order valence-electron chi connectivity index (χ3n) is 4.05. The number of benzene rings is 1. The van der Waals surface area contributed by atoms with Crippen molar-refractivity contribution in [2.45, 2.75) is 47.5 Å². The largest absolute Gasteiger partial charge is 0.330 e. The van der Waals surface area contributed by atoms with Gasteiger partial charge in [-0.2, -0.15) is 0 Å². The molecule has 1 aromatic carbocycles. The molecule has 0 aliphatic carbocycles. The molecule has 0 bridgehead atoms. The molecule has 108 valence electrons. The molecule has 3 N–H and O–H groups in total. The lowest BCUT2D eigenvalue weighted by atomic mass is 9.90. The van der Waals surface area contributed by atoms with Crippen molar-refractivity contribution in [2.24, 2.45) is 11.1 Å². The van der Waals surface area contributed by atoms with E-state index in [2.05, 4.69) is 52.1 Å². The van der Waals surface area contributed by atoms with Crippen molar-refractivity contribution in [1.29, 1.82) is 0 Å². The van der Waals surface area contributed by atoms with Crippen molar-refractivity contribution in [3.8, 4) is 0 Å². The zero-order valence-corrected chi connectivity index (χ0v) is 13.3. The summed E-state index contributed by atoms with van der Waals surface area (Å²) in [5, 5.41) is 3.53. The van der Waals surface area contributed by atoms with Crippen LogP contribution in [0.4, 0.5) is 0 Å². The van der Waals surface area contributed by atoms with E-state index in [1.54, 1.807) is 0 Å². The number of aryl methyl sites for hydroxylation is 3. The van der Waals surface area contributed by atoms with Crippen LogP contribution in [0.2, 0.25) is 0 Å². The van der Waals surface area contributed by atoms with Gasteiger partial charge in [0.25, 0.3) is 0 Å².